The first-order valence-electron chi connectivity index (χ1n) is 4.79. The Bertz CT molecular complexity index is 493. The van der Waals surface area contributed by atoms with Crippen LogP contribution in [0.3, 0.4) is 0 Å². The number of hydrogen-bond donors (Lipinski definition) is 0. The molecule has 0 spiro atoms. The molecule has 0 saturated carbocycles. The van der Waals surface area contributed by atoms with Crippen LogP contribution in [0.1, 0.15) is 12.0 Å². The highest BCUT2D eigenvalue weighted by molar-refractivity contribution is 6.51. The van der Waals surface area contributed by atoms with E-state index in [1.54, 1.807) is 30.4 Å². The average Bonchev–Trinajstić information content (AvgIpc) is 2.13. The molecule has 17 heavy (non-hydrogen) atoms. The summed E-state index contributed by atoms with van der Waals surface area (Å²) in [6.07, 6.45) is 3.85. The van der Waals surface area contributed by atoms with Crippen LogP contribution in [0.25, 0.3) is 5.57 Å². The fourth-order valence-electron chi connectivity index (χ4n) is 1.62. The molecule has 90 valence electrons. The molecule has 1 aromatic carbocycles. The number of allylic oxidation sites excluding steroid dienone is 4. The van der Waals surface area contributed by atoms with Crippen molar-refractivity contribution in [3.05, 3.63) is 51.0 Å². The molecule has 1 aliphatic carbocycles. The van der Waals surface area contributed by atoms with E-state index in [2.05, 4.69) is 0 Å². The van der Waals surface area contributed by atoms with Crippen LogP contribution < -0.4 is 0 Å². The van der Waals surface area contributed by atoms with E-state index in [0.717, 1.165) is 11.1 Å². The number of halogens is 5. The van der Waals surface area contributed by atoms with Gasteiger partial charge in [-0.25, -0.2) is 0 Å². The van der Waals surface area contributed by atoms with E-state index in [1.165, 1.54) is 0 Å². The van der Waals surface area contributed by atoms with Crippen LogP contribution in [-0.2, 0) is 0 Å². The van der Waals surface area contributed by atoms with Crippen molar-refractivity contribution in [1.29, 1.82) is 0 Å². The highest BCUT2D eigenvalue weighted by Crippen LogP contribution is 2.41. The molecule has 0 nitrogen and oxygen atoms in total. The van der Waals surface area contributed by atoms with Gasteiger partial charge in [-0.2, -0.15) is 0 Å². The Balaban J connectivity index is 2.45. The topological polar surface area (TPSA) is 0 Å². The number of alkyl halides is 2. The van der Waals surface area contributed by atoms with Crippen molar-refractivity contribution in [2.75, 3.05) is 0 Å². The van der Waals surface area contributed by atoms with Gasteiger partial charge in [-0.3, -0.25) is 0 Å². The minimum absolute atomic E-state index is 0.369. The monoisotopic (exact) mass is 326 g/mol. The zero-order valence-corrected chi connectivity index (χ0v) is 12.3. The van der Waals surface area contributed by atoms with Crippen LogP contribution in [0.2, 0.25) is 10.0 Å². The first kappa shape index (κ1) is 13.6. The van der Waals surface area contributed by atoms with Crippen LogP contribution in [0.4, 0.5) is 0 Å². The SMILES string of the molecule is ClC1=C(c2cc(Cl)cc(Cl)c2)C=CC(Cl)(Cl)C1. The third-order valence-electron chi connectivity index (χ3n) is 2.35. The smallest absolute Gasteiger partial charge is 0.0966 e. The zero-order valence-electron chi connectivity index (χ0n) is 8.48. The van der Waals surface area contributed by atoms with E-state index in [9.17, 15) is 0 Å². The van der Waals surface area contributed by atoms with E-state index in [4.69, 9.17) is 58.0 Å². The molecule has 0 amide bonds. The Labute approximate surface area is 125 Å². The van der Waals surface area contributed by atoms with Crippen LogP contribution in [-0.4, -0.2) is 4.33 Å². The fourth-order valence-corrected chi connectivity index (χ4v) is 3.06. The molecule has 0 radical (unpaired) electrons. The molecule has 5 heteroatoms. The third kappa shape index (κ3) is 3.33. The van der Waals surface area contributed by atoms with Gasteiger partial charge in [0.15, 0.2) is 0 Å². The van der Waals surface area contributed by atoms with E-state index in [1.807, 2.05) is 0 Å². The van der Waals surface area contributed by atoms with Gasteiger partial charge in [-0.1, -0.05) is 64.1 Å². The number of benzene rings is 1. The normalized spacial score (nSPS) is 18.6. The van der Waals surface area contributed by atoms with Gasteiger partial charge in [-0.15, -0.1) is 0 Å². The molecule has 0 atom stereocenters. The van der Waals surface area contributed by atoms with Crippen molar-refractivity contribution < 1.29 is 0 Å². The first-order valence-corrected chi connectivity index (χ1v) is 6.68. The first-order chi connectivity index (χ1) is 7.87. The van der Waals surface area contributed by atoms with Gasteiger partial charge in [0, 0.05) is 21.5 Å². The van der Waals surface area contributed by atoms with Crippen molar-refractivity contribution in [3.8, 4) is 0 Å². The number of hydrogen-bond acceptors (Lipinski definition) is 0. The molecule has 0 heterocycles. The van der Waals surface area contributed by atoms with E-state index in [0.29, 0.717) is 21.5 Å². The van der Waals surface area contributed by atoms with Crippen LogP contribution in [0.5, 0.6) is 0 Å². The lowest BCUT2D eigenvalue weighted by molar-refractivity contribution is 0.950. The van der Waals surface area contributed by atoms with Gasteiger partial charge < -0.3 is 0 Å². The van der Waals surface area contributed by atoms with Crippen molar-refractivity contribution in [1.82, 2.24) is 0 Å². The standard InChI is InChI=1S/C12H7Cl5/c13-8-3-7(4-9(14)5-8)10-1-2-12(16,17)6-11(10)15/h1-5H,6H2. The van der Waals surface area contributed by atoms with Gasteiger partial charge in [0.2, 0.25) is 0 Å². The molecule has 0 aromatic heterocycles. The van der Waals surface area contributed by atoms with Crippen molar-refractivity contribution >= 4 is 63.6 Å². The lowest BCUT2D eigenvalue weighted by Crippen LogP contribution is -2.12. The molecule has 0 N–H and O–H groups in total. The summed E-state index contributed by atoms with van der Waals surface area (Å²) in [6, 6.07) is 5.26. The lowest BCUT2D eigenvalue weighted by Gasteiger charge is -2.21. The molecule has 0 saturated heterocycles. The summed E-state index contributed by atoms with van der Waals surface area (Å²) in [7, 11) is 0. The van der Waals surface area contributed by atoms with Crippen molar-refractivity contribution in [3.63, 3.8) is 0 Å². The number of rotatable bonds is 1. The Morgan fingerprint density at radius 1 is 0.941 bits per heavy atom. The van der Waals surface area contributed by atoms with E-state index in [-0.39, 0.29) is 0 Å². The highest BCUT2D eigenvalue weighted by Gasteiger charge is 2.26. The lowest BCUT2D eigenvalue weighted by atomic mass is 9.99. The Morgan fingerprint density at radius 2 is 1.53 bits per heavy atom. The van der Waals surface area contributed by atoms with E-state index < -0.39 is 4.33 Å². The summed E-state index contributed by atoms with van der Waals surface area (Å²) in [5.74, 6) is 0. The summed E-state index contributed by atoms with van der Waals surface area (Å²) < 4.78 is -0.942. The van der Waals surface area contributed by atoms with Crippen molar-refractivity contribution in [2.45, 2.75) is 10.8 Å². The second-order valence-corrected chi connectivity index (χ2v) is 6.62. The average molecular weight is 328 g/mol. The predicted molar refractivity (Wildman–Crippen MR) is 77.4 cm³/mol. The van der Waals surface area contributed by atoms with E-state index >= 15 is 0 Å². The molecular weight excluding hydrogens is 321 g/mol. The van der Waals surface area contributed by atoms with Crippen LogP contribution in [0.15, 0.2) is 35.4 Å². The molecule has 0 aliphatic heterocycles. The molecule has 0 unspecified atom stereocenters. The predicted octanol–water partition coefficient (Wildman–Crippen LogP) is 6.08. The Kier molecular flexibility index (Phi) is 4.02. The molecule has 1 aliphatic rings. The molecule has 1 aromatic rings. The molecule has 2 rings (SSSR count). The summed E-state index contributed by atoms with van der Waals surface area (Å²) in [5.41, 5.74) is 1.69. The van der Waals surface area contributed by atoms with Gasteiger partial charge >= 0.3 is 0 Å². The third-order valence-corrected chi connectivity index (χ3v) is 3.64. The maximum Gasteiger partial charge on any atom is 0.141 e. The minimum atomic E-state index is -0.942. The summed E-state index contributed by atoms with van der Waals surface area (Å²) in [5, 5.41) is 1.72. The molecular formula is C12H7Cl5. The maximum atomic E-state index is 6.18. The van der Waals surface area contributed by atoms with Gasteiger partial charge in [0.05, 0.1) is 0 Å². The summed E-state index contributed by atoms with van der Waals surface area (Å²) in [4.78, 5) is 0. The van der Waals surface area contributed by atoms with Crippen LogP contribution >= 0.6 is 58.0 Å². The largest absolute Gasteiger partial charge is 0.141 e. The molecule has 0 bridgehead atoms. The van der Waals surface area contributed by atoms with Gasteiger partial charge in [-0.05, 0) is 35.4 Å². The van der Waals surface area contributed by atoms with Crippen LogP contribution in [0, 0.1) is 0 Å². The van der Waals surface area contributed by atoms with Crippen molar-refractivity contribution in [2.24, 2.45) is 0 Å². The summed E-state index contributed by atoms with van der Waals surface area (Å²) >= 11 is 30.1. The highest BCUT2D eigenvalue weighted by atomic mass is 35.5. The minimum Gasteiger partial charge on any atom is -0.0966 e. The Hall–Kier alpha value is 0.150. The quantitative estimate of drug-likeness (QED) is 0.548. The maximum absolute atomic E-state index is 6.18. The fraction of sp³-hybridized carbons (Fsp3) is 0.167. The second kappa shape index (κ2) is 5.03. The second-order valence-electron chi connectivity index (χ2n) is 3.75. The zero-order chi connectivity index (χ0) is 12.6. The summed E-state index contributed by atoms with van der Waals surface area (Å²) in [6.45, 7) is 0. The van der Waals surface area contributed by atoms with Gasteiger partial charge in [0.25, 0.3) is 0 Å². The molecule has 0 fully saturated rings. The Morgan fingerprint density at radius 3 is 2.06 bits per heavy atom. The van der Waals surface area contributed by atoms with Gasteiger partial charge in [0.1, 0.15) is 4.33 Å².